The Bertz CT molecular complexity index is 557. The maximum atomic E-state index is 12.2. The molecule has 18 heavy (non-hydrogen) atoms. The summed E-state index contributed by atoms with van der Waals surface area (Å²) in [5.41, 5.74) is 0.475. The number of hydrogen-bond donors (Lipinski definition) is 1. The van der Waals surface area contributed by atoms with Gasteiger partial charge >= 0.3 is 0 Å². The second-order valence-corrected chi connectivity index (χ2v) is 6.22. The summed E-state index contributed by atoms with van der Waals surface area (Å²) in [4.78, 5) is 11.3. The molecule has 0 aliphatic carbocycles. The van der Waals surface area contributed by atoms with Crippen molar-refractivity contribution in [2.75, 3.05) is 20.6 Å². The molecule has 1 rings (SSSR count). The van der Waals surface area contributed by atoms with Gasteiger partial charge in [0.2, 0.25) is 15.9 Å². The minimum Gasteiger partial charge on any atom is -0.358 e. The zero-order chi connectivity index (χ0) is 13.9. The quantitative estimate of drug-likeness (QED) is 0.900. The first-order valence-electron chi connectivity index (χ1n) is 5.22. The molecule has 0 radical (unpaired) electrons. The molecular weight excluding hydrogens is 276 g/mol. The smallest absolute Gasteiger partial charge is 0.243 e. The Hall–Kier alpha value is -1.11. The highest BCUT2D eigenvalue weighted by Crippen LogP contribution is 2.24. The number of hydrogen-bond acceptors (Lipinski definition) is 3. The molecule has 5 nitrogen and oxygen atoms in total. The molecule has 1 N–H and O–H groups in total. The molecule has 1 aromatic rings. The number of sulfonamides is 1. The fourth-order valence-electron chi connectivity index (χ4n) is 1.40. The fourth-order valence-corrected chi connectivity index (χ4v) is 3.00. The van der Waals surface area contributed by atoms with Gasteiger partial charge in [-0.05, 0) is 24.6 Å². The third-order valence-corrected chi connectivity index (χ3v) is 4.91. The topological polar surface area (TPSA) is 66.5 Å². The van der Waals surface area contributed by atoms with Crippen molar-refractivity contribution in [1.29, 1.82) is 0 Å². The van der Waals surface area contributed by atoms with Gasteiger partial charge in [0.1, 0.15) is 0 Å². The SMILES string of the molecule is CNC(=O)CN(C)S(=O)(=O)c1cccc(Cl)c1C. The molecule has 1 amide bonds. The van der Waals surface area contributed by atoms with E-state index in [1.54, 1.807) is 19.1 Å². The lowest BCUT2D eigenvalue weighted by Gasteiger charge is -2.18. The second kappa shape index (κ2) is 5.69. The summed E-state index contributed by atoms with van der Waals surface area (Å²) in [6.45, 7) is 1.40. The van der Waals surface area contributed by atoms with Crippen molar-refractivity contribution < 1.29 is 13.2 Å². The van der Waals surface area contributed by atoms with Gasteiger partial charge in [0.25, 0.3) is 0 Å². The second-order valence-electron chi connectivity index (χ2n) is 3.80. The van der Waals surface area contributed by atoms with Gasteiger partial charge in [-0.3, -0.25) is 4.79 Å². The Morgan fingerprint density at radius 3 is 2.61 bits per heavy atom. The molecule has 0 saturated heterocycles. The Kier molecular flexibility index (Phi) is 4.72. The molecule has 7 heteroatoms. The van der Waals surface area contributed by atoms with Crippen molar-refractivity contribution in [3.63, 3.8) is 0 Å². The fraction of sp³-hybridized carbons (Fsp3) is 0.364. The van der Waals surface area contributed by atoms with E-state index in [2.05, 4.69) is 5.32 Å². The Balaban J connectivity index is 3.14. The van der Waals surface area contributed by atoms with Gasteiger partial charge in [-0.15, -0.1) is 0 Å². The van der Waals surface area contributed by atoms with Crippen molar-refractivity contribution in [2.45, 2.75) is 11.8 Å². The van der Waals surface area contributed by atoms with E-state index in [-0.39, 0.29) is 17.3 Å². The normalized spacial score (nSPS) is 11.6. The first-order chi connectivity index (χ1) is 8.30. The lowest BCUT2D eigenvalue weighted by molar-refractivity contribution is -0.120. The zero-order valence-corrected chi connectivity index (χ0v) is 12.0. The molecule has 0 aliphatic rings. The van der Waals surface area contributed by atoms with Crippen LogP contribution >= 0.6 is 11.6 Å². The van der Waals surface area contributed by atoms with E-state index >= 15 is 0 Å². The van der Waals surface area contributed by atoms with E-state index < -0.39 is 10.0 Å². The van der Waals surface area contributed by atoms with Crippen LogP contribution in [0.15, 0.2) is 23.1 Å². The van der Waals surface area contributed by atoms with Crippen molar-refractivity contribution >= 4 is 27.5 Å². The van der Waals surface area contributed by atoms with Gasteiger partial charge in [0, 0.05) is 19.1 Å². The molecule has 0 fully saturated rings. The predicted molar refractivity (Wildman–Crippen MR) is 70.1 cm³/mol. The highest BCUT2D eigenvalue weighted by molar-refractivity contribution is 7.89. The summed E-state index contributed by atoms with van der Waals surface area (Å²) in [7, 11) is -0.905. The number of nitrogens with one attached hydrogen (secondary N) is 1. The van der Waals surface area contributed by atoms with Crippen LogP contribution in [0.5, 0.6) is 0 Å². The molecular formula is C11H15ClN2O3S. The van der Waals surface area contributed by atoms with Crippen LogP contribution in [0.2, 0.25) is 5.02 Å². The van der Waals surface area contributed by atoms with Crippen LogP contribution in [0.25, 0.3) is 0 Å². The number of carbonyl (C=O) groups is 1. The van der Waals surface area contributed by atoms with E-state index in [1.165, 1.54) is 20.2 Å². The van der Waals surface area contributed by atoms with Crippen molar-refractivity contribution in [2.24, 2.45) is 0 Å². The highest BCUT2D eigenvalue weighted by atomic mass is 35.5. The third-order valence-electron chi connectivity index (χ3n) is 2.55. The van der Waals surface area contributed by atoms with E-state index in [0.717, 1.165) is 4.31 Å². The third kappa shape index (κ3) is 3.01. The predicted octanol–water partition coefficient (Wildman–Crippen LogP) is 1.01. The number of likely N-dealkylation sites (N-methyl/N-ethyl adjacent to an activating group) is 2. The molecule has 0 saturated carbocycles. The Morgan fingerprint density at radius 1 is 1.44 bits per heavy atom. The van der Waals surface area contributed by atoms with E-state index in [1.807, 2.05) is 0 Å². The van der Waals surface area contributed by atoms with Crippen LogP contribution in [0, 0.1) is 6.92 Å². The minimum atomic E-state index is -3.71. The lowest BCUT2D eigenvalue weighted by atomic mass is 10.2. The maximum Gasteiger partial charge on any atom is 0.243 e. The summed E-state index contributed by atoms with van der Waals surface area (Å²) in [6.07, 6.45) is 0. The van der Waals surface area contributed by atoms with Crippen molar-refractivity contribution in [3.05, 3.63) is 28.8 Å². The molecule has 1 aromatic carbocycles. The lowest BCUT2D eigenvalue weighted by Crippen LogP contribution is -2.37. The number of amides is 1. The van der Waals surface area contributed by atoms with Crippen LogP contribution in [0.4, 0.5) is 0 Å². The average Bonchev–Trinajstić information content (AvgIpc) is 2.32. The van der Waals surface area contributed by atoms with Gasteiger partial charge in [-0.25, -0.2) is 8.42 Å². The summed E-state index contributed by atoms with van der Waals surface area (Å²) in [6, 6.07) is 4.65. The summed E-state index contributed by atoms with van der Waals surface area (Å²) in [5.74, 6) is -0.374. The molecule has 0 aliphatic heterocycles. The molecule has 0 atom stereocenters. The molecule has 0 bridgehead atoms. The zero-order valence-electron chi connectivity index (χ0n) is 10.4. The van der Waals surface area contributed by atoms with Crippen LogP contribution in [0.1, 0.15) is 5.56 Å². The number of nitrogens with zero attached hydrogens (tertiary/aromatic N) is 1. The van der Waals surface area contributed by atoms with Crippen LogP contribution in [0.3, 0.4) is 0 Å². The van der Waals surface area contributed by atoms with E-state index in [9.17, 15) is 13.2 Å². The monoisotopic (exact) mass is 290 g/mol. The molecule has 0 heterocycles. The first kappa shape index (κ1) is 14.9. The summed E-state index contributed by atoms with van der Waals surface area (Å²) >= 11 is 5.90. The number of benzene rings is 1. The molecule has 0 unspecified atom stereocenters. The van der Waals surface area contributed by atoms with Crippen molar-refractivity contribution in [3.8, 4) is 0 Å². The Morgan fingerprint density at radius 2 is 2.06 bits per heavy atom. The highest BCUT2D eigenvalue weighted by Gasteiger charge is 2.24. The number of rotatable bonds is 4. The first-order valence-corrected chi connectivity index (χ1v) is 7.04. The van der Waals surface area contributed by atoms with Gasteiger partial charge in [0.05, 0.1) is 11.4 Å². The van der Waals surface area contributed by atoms with Gasteiger partial charge in [0.15, 0.2) is 0 Å². The summed E-state index contributed by atoms with van der Waals surface area (Å²) < 4.78 is 25.5. The van der Waals surface area contributed by atoms with Crippen LogP contribution in [-0.2, 0) is 14.8 Å². The number of carbonyl (C=O) groups excluding carboxylic acids is 1. The maximum absolute atomic E-state index is 12.2. The van der Waals surface area contributed by atoms with E-state index in [4.69, 9.17) is 11.6 Å². The standard InChI is InChI=1S/C11H15ClN2O3S/c1-8-9(12)5-4-6-10(8)18(16,17)14(3)7-11(15)13-2/h4-6H,7H2,1-3H3,(H,13,15). The van der Waals surface area contributed by atoms with Gasteiger partial charge < -0.3 is 5.32 Å². The largest absolute Gasteiger partial charge is 0.358 e. The Labute approximate surface area is 112 Å². The molecule has 0 aromatic heterocycles. The summed E-state index contributed by atoms with van der Waals surface area (Å²) in [5, 5.41) is 2.75. The van der Waals surface area contributed by atoms with Crippen LogP contribution < -0.4 is 5.32 Å². The average molecular weight is 291 g/mol. The van der Waals surface area contributed by atoms with Gasteiger partial charge in [-0.1, -0.05) is 17.7 Å². The van der Waals surface area contributed by atoms with Crippen LogP contribution in [-0.4, -0.2) is 39.3 Å². The minimum absolute atomic E-state index is 0.112. The molecule has 0 spiro atoms. The van der Waals surface area contributed by atoms with E-state index in [0.29, 0.717) is 10.6 Å². The number of halogens is 1. The molecule has 100 valence electrons. The van der Waals surface area contributed by atoms with Crippen molar-refractivity contribution in [1.82, 2.24) is 9.62 Å². The van der Waals surface area contributed by atoms with Gasteiger partial charge in [-0.2, -0.15) is 4.31 Å².